The number of nitro benzene ring substituents is 1. The number of nitrogen functional groups attached to an aromatic ring is 1. The molecule has 1 aromatic carbocycles. The molecule has 1 aliphatic heterocycles. The van der Waals surface area contributed by atoms with E-state index in [1.807, 2.05) is 0 Å². The van der Waals surface area contributed by atoms with Gasteiger partial charge in [0.05, 0.1) is 10.6 Å². The van der Waals surface area contributed by atoms with Crippen LogP contribution in [0, 0.1) is 15.9 Å². The molecule has 0 bridgehead atoms. The van der Waals surface area contributed by atoms with Gasteiger partial charge in [0.25, 0.3) is 5.69 Å². The fourth-order valence-electron chi connectivity index (χ4n) is 2.77. The lowest BCUT2D eigenvalue weighted by Crippen LogP contribution is -2.22. The van der Waals surface area contributed by atoms with E-state index in [0.29, 0.717) is 25.9 Å². The minimum absolute atomic E-state index is 0.167. The Morgan fingerprint density at radius 2 is 2.00 bits per heavy atom. The van der Waals surface area contributed by atoms with Crippen LogP contribution in [0.15, 0.2) is 35.2 Å². The highest BCUT2D eigenvalue weighted by molar-refractivity contribution is 5.69. The number of anilines is 2. The van der Waals surface area contributed by atoms with Gasteiger partial charge in [0.15, 0.2) is 5.82 Å². The monoisotopic (exact) mass is 293 g/mol. The van der Waals surface area contributed by atoms with Crippen LogP contribution >= 0.6 is 0 Å². The third-order valence-corrected chi connectivity index (χ3v) is 3.87. The van der Waals surface area contributed by atoms with Crippen molar-refractivity contribution in [3.8, 4) is 0 Å². The summed E-state index contributed by atoms with van der Waals surface area (Å²) in [5.74, 6) is -0.965. The molecule has 0 radical (unpaired) electrons. The van der Waals surface area contributed by atoms with Gasteiger partial charge < -0.3 is 10.6 Å². The van der Waals surface area contributed by atoms with E-state index in [1.54, 1.807) is 4.90 Å². The lowest BCUT2D eigenvalue weighted by molar-refractivity contribution is -0.384. The molecule has 0 amide bonds. The number of allylic oxidation sites excluding steroid dienone is 1. The molecule has 0 aromatic heterocycles. The molecule has 0 atom stereocenters. The van der Waals surface area contributed by atoms with E-state index in [0.717, 1.165) is 11.1 Å². The zero-order chi connectivity index (χ0) is 15.1. The summed E-state index contributed by atoms with van der Waals surface area (Å²) in [7, 11) is 0. The van der Waals surface area contributed by atoms with Crippen molar-refractivity contribution in [1.82, 2.24) is 0 Å². The van der Waals surface area contributed by atoms with Crippen molar-refractivity contribution >= 4 is 17.1 Å². The number of nitro groups is 1. The number of halogens is 2. The molecule has 2 aliphatic rings. The van der Waals surface area contributed by atoms with Gasteiger partial charge in [-0.25, -0.2) is 8.78 Å². The molecule has 21 heavy (non-hydrogen) atoms. The quantitative estimate of drug-likeness (QED) is 0.516. The van der Waals surface area contributed by atoms with E-state index in [2.05, 4.69) is 0 Å². The van der Waals surface area contributed by atoms with Gasteiger partial charge >= 0.3 is 0 Å². The Bertz CT molecular complexity index is 698. The molecular formula is C14H13F2N3O2. The van der Waals surface area contributed by atoms with Gasteiger partial charge in [0.2, 0.25) is 0 Å². The first-order valence-electron chi connectivity index (χ1n) is 6.51. The Balaban J connectivity index is 1.91. The fraction of sp³-hybridized carbons (Fsp3) is 0.286. The van der Waals surface area contributed by atoms with Crippen LogP contribution in [0.4, 0.5) is 25.8 Å². The summed E-state index contributed by atoms with van der Waals surface area (Å²) in [5, 5.41) is 10.7. The Morgan fingerprint density at radius 1 is 1.24 bits per heavy atom. The average molecular weight is 293 g/mol. The molecule has 5 nitrogen and oxygen atoms in total. The number of benzene rings is 1. The van der Waals surface area contributed by atoms with Crippen LogP contribution in [-0.4, -0.2) is 18.0 Å². The van der Waals surface area contributed by atoms with E-state index in [4.69, 9.17) is 5.73 Å². The van der Waals surface area contributed by atoms with Crippen molar-refractivity contribution < 1.29 is 13.7 Å². The number of hydrogen-bond acceptors (Lipinski definition) is 4. The van der Waals surface area contributed by atoms with E-state index in [1.165, 1.54) is 18.2 Å². The molecule has 0 unspecified atom stereocenters. The summed E-state index contributed by atoms with van der Waals surface area (Å²) in [6.45, 7) is 0.879. The van der Waals surface area contributed by atoms with Crippen molar-refractivity contribution in [2.75, 3.05) is 23.7 Å². The standard InChI is InChI=1S/C14H13F2N3O2/c15-10-2-1-8-6-18(7-9(8)5-10)11-3-4-12(19(20)21)14(17)13(11)16/h3-5H,1-2,6-7,17H2. The second-order valence-electron chi connectivity index (χ2n) is 5.16. The molecule has 1 heterocycles. The van der Waals surface area contributed by atoms with Crippen LogP contribution < -0.4 is 10.6 Å². The first-order valence-corrected chi connectivity index (χ1v) is 6.51. The maximum absolute atomic E-state index is 14.2. The highest BCUT2D eigenvalue weighted by Gasteiger charge is 2.28. The van der Waals surface area contributed by atoms with Crippen LogP contribution in [0.5, 0.6) is 0 Å². The smallest absolute Gasteiger partial charge is 0.295 e. The number of nitrogens with zero attached hydrogens (tertiary/aromatic N) is 2. The molecule has 0 fully saturated rings. The highest BCUT2D eigenvalue weighted by atomic mass is 19.1. The van der Waals surface area contributed by atoms with Gasteiger partial charge in [-0.2, -0.15) is 0 Å². The van der Waals surface area contributed by atoms with Crippen LogP contribution in [0.1, 0.15) is 12.8 Å². The summed E-state index contributed by atoms with van der Waals surface area (Å²) < 4.78 is 27.5. The Kier molecular flexibility index (Phi) is 3.12. The van der Waals surface area contributed by atoms with Crippen molar-refractivity contribution in [3.05, 3.63) is 51.1 Å². The van der Waals surface area contributed by atoms with Crippen molar-refractivity contribution in [1.29, 1.82) is 0 Å². The summed E-state index contributed by atoms with van der Waals surface area (Å²) in [6, 6.07) is 2.55. The summed E-state index contributed by atoms with van der Waals surface area (Å²) in [6.07, 6.45) is 2.49. The summed E-state index contributed by atoms with van der Waals surface area (Å²) >= 11 is 0. The Labute approximate surface area is 119 Å². The maximum atomic E-state index is 14.2. The molecule has 1 aliphatic carbocycles. The lowest BCUT2D eigenvalue weighted by atomic mass is 10.00. The van der Waals surface area contributed by atoms with E-state index >= 15 is 0 Å². The normalized spacial score (nSPS) is 17.8. The molecule has 1 aromatic rings. The van der Waals surface area contributed by atoms with Gasteiger partial charge in [-0.05, 0) is 29.7 Å². The molecule has 0 spiro atoms. The second kappa shape index (κ2) is 4.83. The molecule has 110 valence electrons. The molecule has 3 rings (SSSR count). The lowest BCUT2D eigenvalue weighted by Gasteiger charge is -2.20. The van der Waals surface area contributed by atoms with Crippen LogP contribution in [0.3, 0.4) is 0 Å². The Morgan fingerprint density at radius 3 is 2.71 bits per heavy atom. The first-order chi connectivity index (χ1) is 9.97. The van der Waals surface area contributed by atoms with E-state index in [9.17, 15) is 18.9 Å². The minimum atomic E-state index is -0.798. The van der Waals surface area contributed by atoms with Crippen LogP contribution in [0.25, 0.3) is 0 Å². The molecule has 2 N–H and O–H groups in total. The minimum Gasteiger partial charge on any atom is -0.391 e. The number of rotatable bonds is 2. The molecule has 0 saturated carbocycles. The Hall–Kier alpha value is -2.44. The molecule has 0 saturated heterocycles. The average Bonchev–Trinajstić information content (AvgIpc) is 2.83. The predicted octanol–water partition coefficient (Wildman–Crippen LogP) is 3.08. The van der Waals surface area contributed by atoms with E-state index < -0.39 is 22.1 Å². The van der Waals surface area contributed by atoms with Crippen LogP contribution in [-0.2, 0) is 0 Å². The van der Waals surface area contributed by atoms with Crippen molar-refractivity contribution in [3.63, 3.8) is 0 Å². The second-order valence-corrected chi connectivity index (χ2v) is 5.16. The molecular weight excluding hydrogens is 280 g/mol. The van der Waals surface area contributed by atoms with Gasteiger partial charge in [-0.15, -0.1) is 0 Å². The zero-order valence-corrected chi connectivity index (χ0v) is 11.1. The highest BCUT2D eigenvalue weighted by Crippen LogP contribution is 2.37. The summed E-state index contributed by atoms with van der Waals surface area (Å²) in [4.78, 5) is 11.7. The molecule has 7 heteroatoms. The summed E-state index contributed by atoms with van der Waals surface area (Å²) in [5.41, 5.74) is 6.72. The first kappa shape index (κ1) is 13.5. The maximum Gasteiger partial charge on any atom is 0.295 e. The largest absolute Gasteiger partial charge is 0.391 e. The van der Waals surface area contributed by atoms with Crippen LogP contribution in [0.2, 0.25) is 0 Å². The van der Waals surface area contributed by atoms with E-state index in [-0.39, 0.29) is 11.5 Å². The van der Waals surface area contributed by atoms with Crippen molar-refractivity contribution in [2.24, 2.45) is 0 Å². The third-order valence-electron chi connectivity index (χ3n) is 3.87. The third kappa shape index (κ3) is 2.24. The number of hydrogen-bond donors (Lipinski definition) is 1. The topological polar surface area (TPSA) is 72.4 Å². The SMILES string of the molecule is Nc1c([N+](=O)[O-])ccc(N2CC3=C(CCC(F)=C3)C2)c1F. The van der Waals surface area contributed by atoms with Crippen molar-refractivity contribution in [2.45, 2.75) is 12.8 Å². The van der Waals surface area contributed by atoms with Gasteiger partial charge in [0.1, 0.15) is 11.5 Å². The predicted molar refractivity (Wildman–Crippen MR) is 75.1 cm³/mol. The van der Waals surface area contributed by atoms with Gasteiger partial charge in [-0.3, -0.25) is 10.1 Å². The number of nitrogens with two attached hydrogens (primary N) is 1. The van der Waals surface area contributed by atoms with Gasteiger partial charge in [-0.1, -0.05) is 0 Å². The van der Waals surface area contributed by atoms with Gasteiger partial charge in [0, 0.05) is 25.6 Å². The zero-order valence-electron chi connectivity index (χ0n) is 11.1. The fourth-order valence-corrected chi connectivity index (χ4v) is 2.77.